The molecule has 2 aromatic carbocycles. The highest BCUT2D eigenvalue weighted by Gasteiger charge is 2.25. The summed E-state index contributed by atoms with van der Waals surface area (Å²) in [5.41, 5.74) is 7.26. The van der Waals surface area contributed by atoms with E-state index in [0.29, 0.717) is 34.8 Å². The first kappa shape index (κ1) is 21.9. The van der Waals surface area contributed by atoms with Gasteiger partial charge in [-0.1, -0.05) is 42.1 Å². The van der Waals surface area contributed by atoms with E-state index < -0.39 is 11.9 Å². The second-order valence-electron chi connectivity index (χ2n) is 6.78. The molecule has 1 atom stereocenters. The summed E-state index contributed by atoms with van der Waals surface area (Å²) in [5.74, 6) is 0.575. The number of rotatable bonds is 9. The normalized spacial score (nSPS) is 13.0. The lowest BCUT2D eigenvalue weighted by atomic mass is 9.90. The highest BCUT2D eigenvalue weighted by Crippen LogP contribution is 2.34. The highest BCUT2D eigenvalue weighted by molar-refractivity contribution is 8.13. The molecular formula is C22H23NO6S. The summed E-state index contributed by atoms with van der Waals surface area (Å²) < 4.78 is 15.9. The summed E-state index contributed by atoms with van der Waals surface area (Å²) in [4.78, 5) is 36.3. The molecule has 0 fully saturated rings. The zero-order valence-electron chi connectivity index (χ0n) is 16.6. The summed E-state index contributed by atoms with van der Waals surface area (Å²) in [5, 5.41) is -0.0522. The van der Waals surface area contributed by atoms with Crippen LogP contribution in [0.1, 0.15) is 28.4 Å². The number of carbonyl (C=O) groups is 3. The first-order valence-corrected chi connectivity index (χ1v) is 10.5. The van der Waals surface area contributed by atoms with Crippen molar-refractivity contribution >= 4 is 28.6 Å². The molecule has 1 aliphatic rings. The number of hydrogen-bond donors (Lipinski definition) is 1. The van der Waals surface area contributed by atoms with E-state index >= 15 is 0 Å². The quantitative estimate of drug-likeness (QED) is 0.479. The molecule has 158 valence electrons. The van der Waals surface area contributed by atoms with Gasteiger partial charge in [0.25, 0.3) is 0 Å². The van der Waals surface area contributed by atoms with Crippen molar-refractivity contribution in [2.45, 2.75) is 20.0 Å². The van der Waals surface area contributed by atoms with Crippen LogP contribution in [0, 0.1) is 5.92 Å². The number of nitrogens with two attached hydrogens (primary N) is 1. The van der Waals surface area contributed by atoms with E-state index in [-0.39, 0.29) is 30.8 Å². The molecule has 0 amide bonds. The number of hydrogen-bond acceptors (Lipinski definition) is 8. The maximum atomic E-state index is 13.4. The Kier molecular flexibility index (Phi) is 7.48. The average molecular weight is 429 g/mol. The van der Waals surface area contributed by atoms with Crippen LogP contribution in [-0.4, -0.2) is 36.0 Å². The van der Waals surface area contributed by atoms with E-state index in [2.05, 4.69) is 0 Å². The summed E-state index contributed by atoms with van der Waals surface area (Å²) in [6, 6.07) is 12.6. The first-order valence-electron chi connectivity index (χ1n) is 9.47. The van der Waals surface area contributed by atoms with Gasteiger partial charge in [0.15, 0.2) is 22.4 Å². The molecule has 0 aromatic heterocycles. The summed E-state index contributed by atoms with van der Waals surface area (Å²) in [6.45, 7) is 1.40. The molecule has 8 heteroatoms. The third-order valence-electron chi connectivity index (χ3n) is 4.62. The smallest absolute Gasteiger partial charge is 0.320 e. The van der Waals surface area contributed by atoms with Crippen molar-refractivity contribution in [1.29, 1.82) is 0 Å². The lowest BCUT2D eigenvalue weighted by molar-refractivity contribution is -0.143. The van der Waals surface area contributed by atoms with E-state index in [1.54, 1.807) is 24.3 Å². The molecule has 0 aliphatic carbocycles. The Morgan fingerprint density at radius 2 is 1.90 bits per heavy atom. The number of benzene rings is 2. The van der Waals surface area contributed by atoms with Crippen LogP contribution in [0.2, 0.25) is 0 Å². The maximum Gasteiger partial charge on any atom is 0.320 e. The van der Waals surface area contributed by atoms with Crippen LogP contribution in [0.15, 0.2) is 42.5 Å². The van der Waals surface area contributed by atoms with Crippen molar-refractivity contribution in [2.24, 2.45) is 11.7 Å². The topological polar surface area (TPSA) is 105 Å². The van der Waals surface area contributed by atoms with Crippen molar-refractivity contribution in [2.75, 3.05) is 19.1 Å². The molecule has 2 aromatic rings. The van der Waals surface area contributed by atoms with Crippen LogP contribution in [0.4, 0.5) is 0 Å². The second kappa shape index (κ2) is 10.3. The van der Waals surface area contributed by atoms with Gasteiger partial charge >= 0.3 is 5.97 Å². The minimum atomic E-state index is -0.540. The van der Waals surface area contributed by atoms with E-state index in [1.807, 2.05) is 18.2 Å². The number of ether oxygens (including phenoxy) is 3. The fraction of sp³-hybridized carbons (Fsp3) is 0.318. The summed E-state index contributed by atoms with van der Waals surface area (Å²) in [6.07, 6.45) is 0.437. The van der Waals surface area contributed by atoms with Crippen LogP contribution in [0.3, 0.4) is 0 Å². The Labute approximate surface area is 178 Å². The molecule has 2 N–H and O–H groups in total. The van der Waals surface area contributed by atoms with Gasteiger partial charge in [-0.15, -0.1) is 0 Å². The number of thioether (sulfide) groups is 1. The maximum absolute atomic E-state index is 13.4. The second-order valence-corrected chi connectivity index (χ2v) is 7.97. The molecule has 1 heterocycles. The number of esters is 1. The van der Waals surface area contributed by atoms with E-state index in [1.165, 1.54) is 6.92 Å². The lowest BCUT2D eigenvalue weighted by Gasteiger charge is -2.18. The Morgan fingerprint density at radius 3 is 2.67 bits per heavy atom. The van der Waals surface area contributed by atoms with Gasteiger partial charge in [-0.05, 0) is 24.1 Å². The van der Waals surface area contributed by atoms with Crippen molar-refractivity contribution in [3.63, 3.8) is 0 Å². The van der Waals surface area contributed by atoms with Gasteiger partial charge in [0.05, 0.1) is 6.54 Å². The molecule has 0 saturated carbocycles. The van der Waals surface area contributed by atoms with Crippen molar-refractivity contribution in [3.8, 4) is 11.5 Å². The SMILES string of the molecule is CC(=O)SCC(Cc1ccc2c(c1)OCO2)C(=O)c1ccccc1COC(=O)CN. The summed E-state index contributed by atoms with van der Waals surface area (Å²) >= 11 is 1.12. The fourth-order valence-corrected chi connectivity index (χ4v) is 3.83. The van der Waals surface area contributed by atoms with Crippen molar-refractivity contribution < 1.29 is 28.6 Å². The van der Waals surface area contributed by atoms with E-state index in [9.17, 15) is 14.4 Å². The third-order valence-corrected chi connectivity index (χ3v) is 5.59. The fourth-order valence-electron chi connectivity index (χ4n) is 3.12. The standard InChI is InChI=1S/C22H23NO6S/c1-14(24)30-12-17(8-15-6-7-19-20(9-15)29-13-28-19)22(26)18-5-3-2-4-16(18)11-27-21(25)10-23/h2-7,9,17H,8,10-13,23H2,1H3. The number of carbonyl (C=O) groups excluding carboxylic acids is 3. The zero-order chi connectivity index (χ0) is 21.5. The van der Waals surface area contributed by atoms with Crippen molar-refractivity contribution in [1.82, 2.24) is 0 Å². The average Bonchev–Trinajstić information content (AvgIpc) is 3.22. The minimum Gasteiger partial charge on any atom is -0.460 e. The van der Waals surface area contributed by atoms with E-state index in [0.717, 1.165) is 17.3 Å². The molecule has 7 nitrogen and oxygen atoms in total. The van der Waals surface area contributed by atoms with Crippen LogP contribution >= 0.6 is 11.8 Å². The molecule has 0 saturated heterocycles. The van der Waals surface area contributed by atoms with Crippen LogP contribution < -0.4 is 15.2 Å². The number of Topliss-reactive ketones (excluding diaryl/α,β-unsaturated/α-hetero) is 1. The Bertz CT molecular complexity index is 945. The van der Waals surface area contributed by atoms with Gasteiger partial charge < -0.3 is 19.9 Å². The molecular weight excluding hydrogens is 406 g/mol. The first-order chi connectivity index (χ1) is 14.5. The largest absolute Gasteiger partial charge is 0.460 e. The Hall–Kier alpha value is -2.84. The summed E-state index contributed by atoms with van der Waals surface area (Å²) in [7, 11) is 0. The Balaban J connectivity index is 1.82. The number of ketones is 1. The van der Waals surface area contributed by atoms with Crippen LogP contribution in [0.25, 0.3) is 0 Å². The van der Waals surface area contributed by atoms with Crippen molar-refractivity contribution in [3.05, 3.63) is 59.2 Å². The van der Waals surface area contributed by atoms with Gasteiger partial charge in [-0.25, -0.2) is 0 Å². The van der Waals surface area contributed by atoms with Gasteiger partial charge in [-0.3, -0.25) is 14.4 Å². The molecule has 0 bridgehead atoms. The molecule has 1 aliphatic heterocycles. The molecule has 1 unspecified atom stereocenters. The van der Waals surface area contributed by atoms with Crippen LogP contribution in [0.5, 0.6) is 11.5 Å². The van der Waals surface area contributed by atoms with Crippen LogP contribution in [-0.2, 0) is 27.4 Å². The lowest BCUT2D eigenvalue weighted by Crippen LogP contribution is -2.23. The molecule has 0 spiro atoms. The van der Waals surface area contributed by atoms with Gasteiger partial charge in [-0.2, -0.15) is 0 Å². The Morgan fingerprint density at radius 1 is 1.13 bits per heavy atom. The van der Waals surface area contributed by atoms with Gasteiger partial charge in [0, 0.05) is 29.7 Å². The molecule has 0 radical (unpaired) electrons. The highest BCUT2D eigenvalue weighted by atomic mass is 32.2. The molecule has 30 heavy (non-hydrogen) atoms. The van der Waals surface area contributed by atoms with E-state index in [4.69, 9.17) is 19.9 Å². The predicted molar refractivity (Wildman–Crippen MR) is 113 cm³/mol. The number of fused-ring (bicyclic) bond motifs is 1. The zero-order valence-corrected chi connectivity index (χ0v) is 17.4. The molecule has 3 rings (SSSR count). The van der Waals surface area contributed by atoms with Gasteiger partial charge in [0.2, 0.25) is 6.79 Å². The van der Waals surface area contributed by atoms with Gasteiger partial charge in [0.1, 0.15) is 6.61 Å². The predicted octanol–water partition coefficient (Wildman–Crippen LogP) is 2.74. The monoisotopic (exact) mass is 429 g/mol. The minimum absolute atomic E-state index is 0.0332. The third kappa shape index (κ3) is 5.61.